The number of H-pyrrole nitrogens is 1. The number of fused-ring (bicyclic) bond motifs is 1. The number of aromatic amines is 1. The molecule has 0 unspecified atom stereocenters. The lowest BCUT2D eigenvalue weighted by molar-refractivity contribution is -0.0511. The summed E-state index contributed by atoms with van der Waals surface area (Å²) in [6.07, 6.45) is 21.1. The van der Waals surface area contributed by atoms with E-state index in [1.807, 2.05) is 0 Å². The number of unbranched alkanes of at least 4 members (excludes halogenated alkanes) is 9. The molecular weight excluding hydrogens is 840 g/mol. The largest absolute Gasteiger partial charge is 0.466 e. The molecule has 9 N–H and O–H groups in total. The van der Waals surface area contributed by atoms with E-state index in [1.165, 1.54) is 185 Å². The van der Waals surface area contributed by atoms with Crippen molar-refractivity contribution in [3.8, 4) is 0 Å². The Morgan fingerprint density at radius 1 is 0.625 bits per heavy atom. The molecule has 17 nitrogen and oxygen atoms in total. The lowest BCUT2D eigenvalue weighted by Gasteiger charge is -2.21. The predicted octanol–water partition coefficient (Wildman–Crippen LogP) is 7.45. The number of imidazole rings is 1. The van der Waals surface area contributed by atoms with Gasteiger partial charge in [0.1, 0.15) is 18.3 Å². The summed E-state index contributed by atoms with van der Waals surface area (Å²) in [5.74, 6) is -0.101. The van der Waals surface area contributed by atoms with Crippen molar-refractivity contribution in [2.75, 3.05) is 71.2 Å². The number of aromatic nitrogens is 4. The van der Waals surface area contributed by atoms with E-state index in [0.717, 1.165) is 0 Å². The molecule has 4 atom stereocenters. The summed E-state index contributed by atoms with van der Waals surface area (Å²) in [5, 5.41) is 28.7. The monoisotopic (exact) mass is 937 g/mol. The highest BCUT2D eigenvalue weighted by Gasteiger charge is 2.44. The van der Waals surface area contributed by atoms with E-state index >= 15 is 0 Å². The summed E-state index contributed by atoms with van der Waals surface area (Å²) in [5.41, 5.74) is 5.12. The normalized spacial score (nSPS) is 17.1. The van der Waals surface area contributed by atoms with Gasteiger partial charge in [-0.1, -0.05) is 120 Å². The zero-order valence-electron chi connectivity index (χ0n) is 41.8. The van der Waals surface area contributed by atoms with Crippen LogP contribution in [-0.4, -0.2) is 148 Å². The van der Waals surface area contributed by atoms with Crippen LogP contribution < -0.4 is 11.3 Å². The number of hydrogen-bond acceptors (Lipinski definition) is 12. The molecule has 3 rings (SSSR count). The smallest absolute Gasteiger partial charge is 0.394 e. The topological polar surface area (TPSA) is 247 Å². The highest BCUT2D eigenvalue weighted by atomic mass is 31.2. The first-order chi connectivity index (χ1) is 30.6. The minimum atomic E-state index is -4.64. The van der Waals surface area contributed by atoms with Crippen LogP contribution in [0.3, 0.4) is 0 Å². The first-order valence-electron chi connectivity index (χ1n) is 24.9. The molecule has 1 saturated heterocycles. The molecule has 2 aromatic heterocycles. The van der Waals surface area contributed by atoms with Gasteiger partial charge in [-0.05, 0) is 117 Å². The first kappa shape index (κ1) is 64.1. The molecule has 1 aliphatic heterocycles. The van der Waals surface area contributed by atoms with Gasteiger partial charge in [-0.2, -0.15) is 4.98 Å². The molecule has 0 bridgehead atoms. The number of anilines is 1. The SMILES string of the molecule is CCCCN(CCCC)CCCC.CCCCN(CCCC)CCCC.CCCCN(CCCC)CCCC.Nc1nc2c(ncn2[C@@H]2O[C@H](CO)[C@@H](O)[C@H]2O)c(=O)[nH]1.O=P(O)(O)O. The number of nitrogens with one attached hydrogen (secondary N) is 1. The third kappa shape index (κ3) is 31.8. The first-order valence-corrected chi connectivity index (χ1v) is 26.4. The molecule has 1 fully saturated rings. The average Bonchev–Trinajstić information content (AvgIpc) is 3.81. The summed E-state index contributed by atoms with van der Waals surface area (Å²) < 4.78 is 15.5. The number of nitrogens with zero attached hydrogens (tertiary/aromatic N) is 6. The van der Waals surface area contributed by atoms with Crippen LogP contribution in [0.5, 0.6) is 0 Å². The Hall–Kier alpha value is -2.02. The number of rotatable bonds is 29. The predicted molar refractivity (Wildman–Crippen MR) is 263 cm³/mol. The molecule has 3 heterocycles. The van der Waals surface area contributed by atoms with E-state index in [9.17, 15) is 15.0 Å². The van der Waals surface area contributed by atoms with Crippen LogP contribution in [0.15, 0.2) is 11.1 Å². The van der Waals surface area contributed by atoms with Crippen molar-refractivity contribution in [3.05, 3.63) is 16.7 Å². The number of ether oxygens (including phenoxy) is 1. The number of phosphoric acid groups is 1. The quantitative estimate of drug-likeness (QED) is 0.0369. The maximum absolute atomic E-state index is 11.7. The Morgan fingerprint density at radius 3 is 1.17 bits per heavy atom. The summed E-state index contributed by atoms with van der Waals surface area (Å²) in [6, 6.07) is 0. The minimum absolute atomic E-state index is 0.0388. The van der Waals surface area contributed by atoms with E-state index in [-0.39, 0.29) is 17.1 Å². The molecule has 2 aromatic rings. The summed E-state index contributed by atoms with van der Waals surface area (Å²) in [6.45, 7) is 31.9. The number of nitrogen functional groups attached to an aromatic ring is 1. The fourth-order valence-electron chi connectivity index (χ4n) is 6.68. The number of aliphatic hydroxyl groups excluding tert-OH is 3. The molecular formula is C46H97N8O9P. The van der Waals surface area contributed by atoms with Crippen molar-refractivity contribution in [1.82, 2.24) is 34.2 Å². The van der Waals surface area contributed by atoms with Crippen LogP contribution in [0.1, 0.15) is 184 Å². The number of nitrogens with two attached hydrogens (primary N) is 1. The minimum Gasteiger partial charge on any atom is -0.394 e. The molecule has 0 amide bonds. The van der Waals surface area contributed by atoms with Crippen LogP contribution in [-0.2, 0) is 9.30 Å². The van der Waals surface area contributed by atoms with Gasteiger partial charge in [0, 0.05) is 0 Å². The molecule has 0 aliphatic carbocycles. The number of hydrogen-bond donors (Lipinski definition) is 8. The van der Waals surface area contributed by atoms with Crippen LogP contribution in [0, 0.1) is 0 Å². The van der Waals surface area contributed by atoms with Crippen LogP contribution in [0.25, 0.3) is 11.2 Å². The summed E-state index contributed by atoms with van der Waals surface area (Å²) in [4.78, 5) is 51.2. The van der Waals surface area contributed by atoms with Crippen molar-refractivity contribution in [2.24, 2.45) is 0 Å². The van der Waals surface area contributed by atoms with Crippen molar-refractivity contribution in [2.45, 2.75) is 202 Å². The van der Waals surface area contributed by atoms with Crippen molar-refractivity contribution in [1.29, 1.82) is 0 Å². The average molecular weight is 937 g/mol. The molecule has 0 spiro atoms. The zero-order chi connectivity index (χ0) is 48.8. The fraction of sp³-hybridized carbons (Fsp3) is 0.891. The molecule has 18 heteroatoms. The van der Waals surface area contributed by atoms with E-state index in [2.05, 4.69) is 92.0 Å². The van der Waals surface area contributed by atoms with Crippen molar-refractivity contribution in [3.63, 3.8) is 0 Å². The Kier molecular flexibility index (Phi) is 41.2. The fourth-order valence-corrected chi connectivity index (χ4v) is 6.68. The van der Waals surface area contributed by atoms with Crippen LogP contribution in [0.4, 0.5) is 5.95 Å². The van der Waals surface area contributed by atoms with Gasteiger partial charge < -0.3 is 55.2 Å². The lowest BCUT2D eigenvalue weighted by atomic mass is 10.1. The van der Waals surface area contributed by atoms with E-state index in [1.54, 1.807) is 0 Å². The van der Waals surface area contributed by atoms with Gasteiger partial charge in [-0.15, -0.1) is 0 Å². The molecule has 0 aromatic carbocycles. The lowest BCUT2D eigenvalue weighted by Crippen LogP contribution is -2.33. The highest BCUT2D eigenvalue weighted by Crippen LogP contribution is 2.30. The Labute approximate surface area is 387 Å². The van der Waals surface area contributed by atoms with Gasteiger partial charge in [-0.3, -0.25) is 14.3 Å². The van der Waals surface area contributed by atoms with Gasteiger partial charge in [0.25, 0.3) is 5.56 Å². The molecule has 1 aliphatic rings. The van der Waals surface area contributed by atoms with E-state index in [0.29, 0.717) is 0 Å². The molecule has 0 radical (unpaired) electrons. The highest BCUT2D eigenvalue weighted by molar-refractivity contribution is 7.45. The van der Waals surface area contributed by atoms with Gasteiger partial charge in [-0.25, -0.2) is 9.55 Å². The van der Waals surface area contributed by atoms with Crippen molar-refractivity contribution >= 4 is 24.9 Å². The van der Waals surface area contributed by atoms with Crippen LogP contribution >= 0.6 is 7.82 Å². The molecule has 0 saturated carbocycles. The second-order valence-electron chi connectivity index (χ2n) is 16.7. The molecule has 64 heavy (non-hydrogen) atoms. The van der Waals surface area contributed by atoms with E-state index < -0.39 is 44.5 Å². The second kappa shape index (κ2) is 41.2. The van der Waals surface area contributed by atoms with E-state index in [4.69, 9.17) is 34.8 Å². The molecule has 380 valence electrons. The third-order valence-electron chi connectivity index (χ3n) is 10.7. The summed E-state index contributed by atoms with van der Waals surface area (Å²) >= 11 is 0. The Bertz CT molecular complexity index is 1330. The Balaban J connectivity index is 0. The number of aliphatic hydroxyl groups is 3. The van der Waals surface area contributed by atoms with Gasteiger partial charge in [0.2, 0.25) is 5.95 Å². The Morgan fingerprint density at radius 2 is 0.922 bits per heavy atom. The standard InChI is InChI=1S/3C12H27N.C10H13N5O5.H3O4P/c3*1-4-7-10-13(11-8-5-2)12-9-6-3;11-10-13-7-4(8(19)14-10)12-2-15(7)9-6(18)5(17)3(1-16)20-9;1-5(2,3)4/h3*4-12H2,1-3H3;2-3,5-6,9,16-18H,1H2,(H3,11,13,14,19);(H3,1,2,3,4)/t;;;3-,5-,6-,9-;/m...1./s1. The van der Waals surface area contributed by atoms with Crippen molar-refractivity contribution < 1.29 is 39.3 Å². The maximum atomic E-state index is 11.7. The maximum Gasteiger partial charge on any atom is 0.466 e. The van der Waals surface area contributed by atoms with Gasteiger partial charge in [0.05, 0.1) is 12.9 Å². The summed E-state index contributed by atoms with van der Waals surface area (Å²) in [7, 11) is -4.64. The van der Waals surface area contributed by atoms with Gasteiger partial charge >= 0.3 is 7.82 Å². The van der Waals surface area contributed by atoms with Crippen LogP contribution in [0.2, 0.25) is 0 Å². The van der Waals surface area contributed by atoms with Gasteiger partial charge in [0.15, 0.2) is 17.4 Å². The second-order valence-corrected chi connectivity index (χ2v) is 17.8. The third-order valence-corrected chi connectivity index (χ3v) is 10.7. The zero-order valence-corrected chi connectivity index (χ0v) is 42.7.